The summed E-state index contributed by atoms with van der Waals surface area (Å²) in [4.78, 5) is 21.2. The van der Waals surface area contributed by atoms with E-state index in [9.17, 15) is 4.79 Å². The summed E-state index contributed by atoms with van der Waals surface area (Å²) in [7, 11) is 0. The van der Waals surface area contributed by atoms with Gasteiger partial charge in [-0.05, 0) is 31.4 Å². The first-order valence-corrected chi connectivity index (χ1v) is 8.62. The van der Waals surface area contributed by atoms with Gasteiger partial charge in [0.1, 0.15) is 0 Å². The monoisotopic (exact) mass is 318 g/mol. The number of rotatable bonds is 5. The van der Waals surface area contributed by atoms with Crippen LogP contribution in [0.4, 0.5) is 0 Å². The smallest absolute Gasteiger partial charge is 0.239 e. The highest BCUT2D eigenvalue weighted by Gasteiger charge is 2.34. The standard InChI is InChI=1S/C18H30N4O/c1-5-13(2)17-12-21(8-9-22(17)18(23)15(4)19)11-16-7-6-14(3)20-10-16/h6-7,10,13,15,17H,5,8-9,11-12,19H2,1-4H3/t13-,15-,17-/m0/s1. The topological polar surface area (TPSA) is 62.5 Å². The van der Waals surface area contributed by atoms with E-state index in [1.54, 1.807) is 6.92 Å². The number of nitrogens with two attached hydrogens (primary N) is 1. The molecule has 2 heterocycles. The van der Waals surface area contributed by atoms with Gasteiger partial charge in [-0.1, -0.05) is 26.3 Å². The van der Waals surface area contributed by atoms with Crippen LogP contribution in [0.3, 0.4) is 0 Å². The predicted molar refractivity (Wildman–Crippen MR) is 92.9 cm³/mol. The lowest BCUT2D eigenvalue weighted by Crippen LogP contribution is -2.59. The Morgan fingerprint density at radius 2 is 2.13 bits per heavy atom. The fraction of sp³-hybridized carbons (Fsp3) is 0.667. The van der Waals surface area contributed by atoms with Crippen molar-refractivity contribution in [3.05, 3.63) is 29.6 Å². The molecule has 0 aliphatic carbocycles. The summed E-state index contributed by atoms with van der Waals surface area (Å²) in [6.45, 7) is 11.6. The summed E-state index contributed by atoms with van der Waals surface area (Å²) in [6.07, 6.45) is 3.01. The normalized spacial score (nSPS) is 22.0. The van der Waals surface area contributed by atoms with Crippen LogP contribution in [0.1, 0.15) is 38.4 Å². The van der Waals surface area contributed by atoms with Crippen molar-refractivity contribution in [1.29, 1.82) is 0 Å². The molecule has 1 aliphatic heterocycles. The predicted octanol–water partition coefficient (Wildman–Crippen LogP) is 1.80. The largest absolute Gasteiger partial charge is 0.336 e. The van der Waals surface area contributed by atoms with Gasteiger partial charge in [-0.15, -0.1) is 0 Å². The Kier molecular flexibility index (Phi) is 6.13. The highest BCUT2D eigenvalue weighted by atomic mass is 16.2. The molecule has 0 bridgehead atoms. The van der Waals surface area contributed by atoms with Crippen LogP contribution in [0, 0.1) is 12.8 Å². The number of carbonyl (C=O) groups is 1. The lowest BCUT2D eigenvalue weighted by molar-refractivity contribution is -0.138. The lowest BCUT2D eigenvalue weighted by atomic mass is 9.94. The van der Waals surface area contributed by atoms with Gasteiger partial charge in [-0.3, -0.25) is 14.7 Å². The van der Waals surface area contributed by atoms with Gasteiger partial charge in [-0.2, -0.15) is 0 Å². The van der Waals surface area contributed by atoms with Crippen LogP contribution < -0.4 is 5.73 Å². The molecule has 1 fully saturated rings. The summed E-state index contributed by atoms with van der Waals surface area (Å²) >= 11 is 0. The molecule has 0 spiro atoms. The number of piperazine rings is 1. The summed E-state index contributed by atoms with van der Waals surface area (Å²) in [5, 5.41) is 0. The Morgan fingerprint density at radius 3 is 2.70 bits per heavy atom. The van der Waals surface area contributed by atoms with Gasteiger partial charge in [0.05, 0.1) is 6.04 Å². The lowest BCUT2D eigenvalue weighted by Gasteiger charge is -2.44. The molecule has 1 amide bonds. The third-order valence-corrected chi connectivity index (χ3v) is 4.85. The first kappa shape index (κ1) is 17.9. The number of hydrogen-bond acceptors (Lipinski definition) is 4. The maximum absolute atomic E-state index is 12.4. The minimum atomic E-state index is -0.422. The average Bonchev–Trinajstić information content (AvgIpc) is 2.55. The first-order chi connectivity index (χ1) is 10.9. The van der Waals surface area contributed by atoms with Crippen LogP contribution in [0.2, 0.25) is 0 Å². The fourth-order valence-corrected chi connectivity index (χ4v) is 3.16. The van der Waals surface area contributed by atoms with Crippen molar-refractivity contribution in [1.82, 2.24) is 14.8 Å². The van der Waals surface area contributed by atoms with Crippen molar-refractivity contribution in [2.24, 2.45) is 11.7 Å². The molecular formula is C18H30N4O. The van der Waals surface area contributed by atoms with E-state index in [0.717, 1.165) is 38.3 Å². The summed E-state index contributed by atoms with van der Waals surface area (Å²) in [5.41, 5.74) is 8.10. The Bertz CT molecular complexity index is 514. The molecule has 128 valence electrons. The van der Waals surface area contributed by atoms with Crippen LogP contribution in [-0.4, -0.2) is 52.4 Å². The molecule has 0 aromatic carbocycles. The summed E-state index contributed by atoms with van der Waals surface area (Å²) in [6, 6.07) is 4.01. The molecule has 2 N–H and O–H groups in total. The number of pyridine rings is 1. The second-order valence-corrected chi connectivity index (χ2v) is 6.82. The molecule has 5 nitrogen and oxygen atoms in total. The van der Waals surface area contributed by atoms with Gasteiger partial charge < -0.3 is 10.6 Å². The van der Waals surface area contributed by atoms with Crippen LogP contribution in [-0.2, 0) is 11.3 Å². The summed E-state index contributed by atoms with van der Waals surface area (Å²) in [5.74, 6) is 0.545. The van der Waals surface area contributed by atoms with E-state index in [4.69, 9.17) is 5.73 Å². The van der Waals surface area contributed by atoms with Gasteiger partial charge in [-0.25, -0.2) is 0 Å². The van der Waals surface area contributed by atoms with Crippen LogP contribution >= 0.6 is 0 Å². The van der Waals surface area contributed by atoms with Crippen LogP contribution in [0.15, 0.2) is 18.3 Å². The SMILES string of the molecule is CC[C@H](C)[C@@H]1CN(Cc2ccc(C)nc2)CCN1C(=O)[C@H](C)N. The van der Waals surface area contributed by atoms with Gasteiger partial charge in [0, 0.05) is 44.1 Å². The average molecular weight is 318 g/mol. The first-order valence-electron chi connectivity index (χ1n) is 8.62. The number of amides is 1. The third-order valence-electron chi connectivity index (χ3n) is 4.85. The highest BCUT2D eigenvalue weighted by Crippen LogP contribution is 2.22. The zero-order valence-corrected chi connectivity index (χ0v) is 14.8. The molecule has 1 aromatic rings. The van der Waals surface area contributed by atoms with Gasteiger partial charge in [0.15, 0.2) is 0 Å². The molecule has 3 atom stereocenters. The van der Waals surface area contributed by atoms with Gasteiger partial charge in [0.25, 0.3) is 0 Å². The second kappa shape index (κ2) is 7.88. The van der Waals surface area contributed by atoms with Crippen molar-refractivity contribution >= 4 is 5.91 Å². The second-order valence-electron chi connectivity index (χ2n) is 6.82. The molecule has 23 heavy (non-hydrogen) atoms. The Hall–Kier alpha value is -1.46. The zero-order valence-electron chi connectivity index (χ0n) is 14.8. The number of aryl methyl sites for hydroxylation is 1. The molecule has 1 aromatic heterocycles. The number of carbonyl (C=O) groups excluding carboxylic acids is 1. The Morgan fingerprint density at radius 1 is 1.39 bits per heavy atom. The molecule has 0 unspecified atom stereocenters. The highest BCUT2D eigenvalue weighted by molar-refractivity contribution is 5.81. The van der Waals surface area contributed by atoms with E-state index in [0.29, 0.717) is 5.92 Å². The maximum Gasteiger partial charge on any atom is 0.239 e. The number of hydrogen-bond donors (Lipinski definition) is 1. The maximum atomic E-state index is 12.4. The van der Waals surface area contributed by atoms with Crippen LogP contribution in [0.25, 0.3) is 0 Å². The van der Waals surface area contributed by atoms with Gasteiger partial charge >= 0.3 is 0 Å². The molecule has 0 radical (unpaired) electrons. The van der Waals surface area contributed by atoms with Gasteiger partial charge in [0.2, 0.25) is 5.91 Å². The minimum absolute atomic E-state index is 0.0759. The van der Waals surface area contributed by atoms with Crippen molar-refractivity contribution < 1.29 is 4.79 Å². The molecule has 2 rings (SSSR count). The van der Waals surface area contributed by atoms with E-state index >= 15 is 0 Å². The van der Waals surface area contributed by atoms with E-state index < -0.39 is 6.04 Å². The zero-order chi connectivity index (χ0) is 17.0. The third kappa shape index (κ3) is 4.52. The number of aromatic nitrogens is 1. The fourth-order valence-electron chi connectivity index (χ4n) is 3.16. The molecule has 5 heteroatoms. The molecule has 1 saturated heterocycles. The molecule has 0 saturated carbocycles. The van der Waals surface area contributed by atoms with Crippen molar-refractivity contribution in [2.45, 2.75) is 52.7 Å². The van der Waals surface area contributed by atoms with Crippen LogP contribution in [0.5, 0.6) is 0 Å². The quantitative estimate of drug-likeness (QED) is 0.899. The molecule has 1 aliphatic rings. The van der Waals surface area contributed by atoms with Crippen molar-refractivity contribution in [2.75, 3.05) is 19.6 Å². The Balaban J connectivity index is 2.06. The van der Waals surface area contributed by atoms with Crippen molar-refractivity contribution in [3.63, 3.8) is 0 Å². The van der Waals surface area contributed by atoms with E-state index in [1.165, 1.54) is 5.56 Å². The van der Waals surface area contributed by atoms with Crippen molar-refractivity contribution in [3.8, 4) is 0 Å². The van der Waals surface area contributed by atoms with E-state index in [1.807, 2.05) is 18.0 Å². The van der Waals surface area contributed by atoms with E-state index in [-0.39, 0.29) is 11.9 Å². The number of nitrogens with zero attached hydrogens (tertiary/aromatic N) is 3. The Labute approximate surface area is 139 Å². The summed E-state index contributed by atoms with van der Waals surface area (Å²) < 4.78 is 0. The minimum Gasteiger partial charge on any atom is -0.336 e. The molecular weight excluding hydrogens is 288 g/mol. The van der Waals surface area contributed by atoms with E-state index in [2.05, 4.69) is 35.9 Å².